The molecule has 0 saturated heterocycles. The van der Waals surface area contributed by atoms with E-state index < -0.39 is 0 Å². The molecule has 0 aliphatic carbocycles. The van der Waals surface area contributed by atoms with E-state index in [9.17, 15) is 0 Å². The van der Waals surface area contributed by atoms with Crippen LogP contribution >= 0.6 is 11.3 Å². The quantitative estimate of drug-likeness (QED) is 0.154. The van der Waals surface area contributed by atoms with Gasteiger partial charge in [0.1, 0.15) is 0 Å². The fraction of sp³-hybridized carbons (Fsp3) is 0.0149. The number of hydrogen-bond donors (Lipinski definition) is 0. The molecule has 1 aliphatic rings. The fourth-order valence-corrected chi connectivity index (χ4v) is 12.4. The molecule has 0 spiro atoms. The van der Waals surface area contributed by atoms with Crippen LogP contribution in [0.5, 0.6) is 0 Å². The van der Waals surface area contributed by atoms with E-state index in [4.69, 9.17) is 6.58 Å². The number of thiophene rings is 1. The Morgan fingerprint density at radius 2 is 1.00 bits per heavy atom. The van der Waals surface area contributed by atoms with Crippen molar-refractivity contribution in [2.24, 2.45) is 0 Å². The Labute approximate surface area is 416 Å². The first-order valence-electron chi connectivity index (χ1n) is 24.3. The Balaban J connectivity index is 0.928. The van der Waals surface area contributed by atoms with E-state index in [-0.39, 0.29) is 0 Å². The predicted molar refractivity (Wildman–Crippen MR) is 307 cm³/mol. The number of hydrogen-bond acceptors (Lipinski definition) is 3. The highest BCUT2D eigenvalue weighted by Gasteiger charge is 2.22. The number of fused-ring (bicyclic) bond motifs is 13. The van der Waals surface area contributed by atoms with Crippen molar-refractivity contribution in [2.75, 3.05) is 16.3 Å². The van der Waals surface area contributed by atoms with Crippen LogP contribution in [0.2, 0.25) is 0 Å². The molecule has 3 nitrogen and oxygen atoms in total. The number of nitrogens with zero attached hydrogens (tertiary/aromatic N) is 3. The number of rotatable bonds is 6. The van der Waals surface area contributed by atoms with E-state index in [1.807, 2.05) is 11.3 Å². The molecule has 2 aromatic heterocycles. The Bertz CT molecular complexity index is 4250. The summed E-state index contributed by atoms with van der Waals surface area (Å²) in [6, 6.07) is 84.3. The van der Waals surface area contributed by atoms with Gasteiger partial charge in [0.2, 0.25) is 0 Å². The van der Waals surface area contributed by atoms with E-state index in [1.54, 1.807) is 0 Å². The van der Waals surface area contributed by atoms with E-state index >= 15 is 0 Å². The zero-order valence-corrected chi connectivity index (χ0v) is 39.7. The molecule has 13 aromatic rings. The summed E-state index contributed by atoms with van der Waals surface area (Å²) in [6.07, 6.45) is 6.87. The lowest BCUT2D eigenvalue weighted by Gasteiger charge is -2.28. The number of allylic oxidation sites excluding steroid dienone is 4. The molecule has 0 unspecified atom stereocenters. The van der Waals surface area contributed by atoms with Crippen LogP contribution < -0.4 is 9.80 Å². The highest BCUT2D eigenvalue weighted by atomic mass is 32.1. The minimum atomic E-state index is 0.654. The number of anilines is 5. The van der Waals surface area contributed by atoms with Crippen LogP contribution in [0.4, 0.5) is 28.4 Å². The van der Waals surface area contributed by atoms with Gasteiger partial charge in [-0.1, -0.05) is 164 Å². The molecule has 4 heteroatoms. The van der Waals surface area contributed by atoms with Gasteiger partial charge in [-0.3, -0.25) is 0 Å². The molecule has 0 saturated carbocycles. The first kappa shape index (κ1) is 41.1. The molecule has 0 bridgehead atoms. The van der Waals surface area contributed by atoms with Crippen molar-refractivity contribution < 1.29 is 0 Å². The van der Waals surface area contributed by atoms with Crippen LogP contribution in [-0.2, 0) is 0 Å². The van der Waals surface area contributed by atoms with Crippen molar-refractivity contribution >= 4 is 125 Å². The number of benzene rings is 11. The lowest BCUT2D eigenvalue weighted by molar-refractivity contribution is 1.09. The van der Waals surface area contributed by atoms with Gasteiger partial charge in [0.15, 0.2) is 0 Å². The van der Waals surface area contributed by atoms with Gasteiger partial charge in [0, 0.05) is 71.5 Å². The normalized spacial score (nSPS) is 14.2. The molecule has 0 atom stereocenters. The first-order chi connectivity index (χ1) is 35.1. The zero-order chi connectivity index (χ0) is 47.0. The van der Waals surface area contributed by atoms with Crippen molar-refractivity contribution in [1.82, 2.24) is 4.57 Å². The first-order valence-corrected chi connectivity index (χ1v) is 25.1. The van der Waals surface area contributed by atoms with Crippen LogP contribution in [0, 0.1) is 0 Å². The standard InChI is InChI=1S/C67H45N3S/c1-44-41-50(70-62-27-12-9-24-56(62)57-25-10-13-28-63(57)70)19-16-40-68(49-37-38-55-53-22-6-5-20-51(53)52-21-7-8-23-54(52)60(55)43-49)61-39-34-46(42-59(44)61)45-32-35-48(36-33-45)69(47-17-3-2-4-18-47)64-29-15-31-66-67(64)58-26-11-14-30-65(58)71-66/h2-39,41-43H,1,40H2/b19-16-,50-41+. The summed E-state index contributed by atoms with van der Waals surface area (Å²) in [4.78, 5) is 4.86. The summed E-state index contributed by atoms with van der Waals surface area (Å²) in [5.74, 6) is 0. The maximum absolute atomic E-state index is 4.90. The average Bonchev–Trinajstić information content (AvgIpc) is 4.00. The van der Waals surface area contributed by atoms with Gasteiger partial charge in [-0.25, -0.2) is 0 Å². The van der Waals surface area contributed by atoms with Crippen LogP contribution in [0.25, 0.3) is 96.7 Å². The molecule has 334 valence electrons. The lowest BCUT2D eigenvalue weighted by Crippen LogP contribution is -2.18. The van der Waals surface area contributed by atoms with Gasteiger partial charge in [-0.2, -0.15) is 0 Å². The molecule has 1 aliphatic heterocycles. The van der Waals surface area contributed by atoms with Crippen molar-refractivity contribution in [3.63, 3.8) is 0 Å². The monoisotopic (exact) mass is 923 g/mol. The van der Waals surface area contributed by atoms with Crippen LogP contribution in [0.3, 0.4) is 0 Å². The molecule has 0 N–H and O–H groups in total. The molecule has 0 fully saturated rings. The summed E-state index contributed by atoms with van der Waals surface area (Å²) in [7, 11) is 0. The highest BCUT2D eigenvalue weighted by molar-refractivity contribution is 7.26. The average molecular weight is 924 g/mol. The minimum absolute atomic E-state index is 0.654. The van der Waals surface area contributed by atoms with Crippen molar-refractivity contribution in [3.8, 4) is 11.1 Å². The van der Waals surface area contributed by atoms with E-state index in [0.717, 1.165) is 50.7 Å². The fourth-order valence-electron chi connectivity index (χ4n) is 11.3. The summed E-state index contributed by atoms with van der Waals surface area (Å²) >= 11 is 1.85. The summed E-state index contributed by atoms with van der Waals surface area (Å²) in [6.45, 7) is 5.55. The number of aromatic nitrogens is 1. The van der Waals surface area contributed by atoms with Gasteiger partial charge < -0.3 is 14.4 Å². The van der Waals surface area contributed by atoms with E-state index in [2.05, 4.69) is 263 Å². The Kier molecular flexibility index (Phi) is 9.61. The van der Waals surface area contributed by atoms with Crippen molar-refractivity contribution in [2.45, 2.75) is 0 Å². The second-order valence-corrected chi connectivity index (χ2v) is 19.6. The highest BCUT2D eigenvalue weighted by Crippen LogP contribution is 2.46. The minimum Gasteiger partial charge on any atom is -0.337 e. The number of para-hydroxylation sites is 3. The smallest absolute Gasteiger partial charge is 0.0554 e. The molecule has 11 aromatic carbocycles. The molecule has 3 heterocycles. The van der Waals surface area contributed by atoms with Crippen LogP contribution in [0.15, 0.2) is 255 Å². The topological polar surface area (TPSA) is 11.4 Å². The zero-order valence-electron chi connectivity index (χ0n) is 38.8. The Morgan fingerprint density at radius 1 is 0.437 bits per heavy atom. The maximum atomic E-state index is 4.90. The SMILES string of the molecule is C=C1/C=C(n2c3ccccc3c3ccccc32)\C=C/CN(c2ccc3c4ccccc4c4ccccc4c3c2)c2ccc(-c3ccc(N(c4ccccc4)c4cccc5sc6ccccc6c45)cc3)cc21. The molecule has 71 heavy (non-hydrogen) atoms. The van der Waals surface area contributed by atoms with Gasteiger partial charge in [0.05, 0.1) is 16.7 Å². The molecule has 0 radical (unpaired) electrons. The Morgan fingerprint density at radius 3 is 1.70 bits per heavy atom. The largest absolute Gasteiger partial charge is 0.337 e. The van der Waals surface area contributed by atoms with Crippen LogP contribution in [-0.4, -0.2) is 11.1 Å². The van der Waals surface area contributed by atoms with Gasteiger partial charge in [0.25, 0.3) is 0 Å². The van der Waals surface area contributed by atoms with Crippen molar-refractivity contribution in [3.05, 3.63) is 261 Å². The summed E-state index contributed by atoms with van der Waals surface area (Å²) in [5, 5.41) is 12.6. The van der Waals surface area contributed by atoms with Gasteiger partial charge >= 0.3 is 0 Å². The molecular formula is C67H45N3S. The molecule has 0 amide bonds. The second kappa shape index (κ2) is 16.6. The lowest BCUT2D eigenvalue weighted by atomic mass is 9.93. The van der Waals surface area contributed by atoms with Gasteiger partial charge in [-0.15, -0.1) is 11.3 Å². The summed E-state index contributed by atoms with van der Waals surface area (Å²) in [5.41, 5.74) is 13.3. The van der Waals surface area contributed by atoms with Gasteiger partial charge in [-0.05, 0) is 140 Å². The third-order valence-corrected chi connectivity index (χ3v) is 15.6. The van der Waals surface area contributed by atoms with Crippen LogP contribution in [0.1, 0.15) is 5.56 Å². The second-order valence-electron chi connectivity index (χ2n) is 18.5. The summed E-state index contributed by atoms with van der Waals surface area (Å²) < 4.78 is 4.97. The van der Waals surface area contributed by atoms with E-state index in [0.29, 0.717) is 6.54 Å². The van der Waals surface area contributed by atoms with Crippen molar-refractivity contribution in [1.29, 1.82) is 0 Å². The Hall–Kier alpha value is -8.96. The predicted octanol–water partition coefficient (Wildman–Crippen LogP) is 19.0. The molecular weight excluding hydrogens is 879 g/mol. The maximum Gasteiger partial charge on any atom is 0.0554 e. The third kappa shape index (κ3) is 6.71. The van der Waals surface area contributed by atoms with E-state index in [1.165, 1.54) is 80.0 Å². The molecule has 14 rings (SSSR count). The third-order valence-electron chi connectivity index (χ3n) is 14.5.